The number of amides is 2. The number of carbonyl (C=O) groups is 2. The Labute approximate surface area is 163 Å². The number of rotatable bonds is 6. The predicted octanol–water partition coefficient (Wildman–Crippen LogP) is 2.23. The number of methoxy groups -OCH3 is 1. The van der Waals surface area contributed by atoms with Crippen LogP contribution in [0, 0.1) is 0 Å². The zero-order chi connectivity index (χ0) is 20.1. The Morgan fingerprint density at radius 1 is 1.25 bits per heavy atom. The fraction of sp³-hybridized carbons (Fsp3) is 0.333. The Morgan fingerprint density at radius 3 is 2.54 bits per heavy atom. The molecule has 148 valence electrons. The molecular weight excluding hydrogens is 360 g/mol. The summed E-state index contributed by atoms with van der Waals surface area (Å²) in [5, 5.41) is 13.5. The number of anilines is 1. The van der Waals surface area contributed by atoms with Crippen molar-refractivity contribution < 1.29 is 24.2 Å². The minimum Gasteiger partial charge on any atom is -0.497 e. The summed E-state index contributed by atoms with van der Waals surface area (Å²) in [7, 11) is 1.57. The number of aliphatic hydroxyl groups excluding tert-OH is 1. The van der Waals surface area contributed by atoms with E-state index in [4.69, 9.17) is 9.47 Å². The van der Waals surface area contributed by atoms with Gasteiger partial charge in [0.1, 0.15) is 18.5 Å². The minimum atomic E-state index is -0.865. The first kappa shape index (κ1) is 19.9. The Balaban J connectivity index is 1.67. The highest BCUT2D eigenvalue weighted by molar-refractivity contribution is 6.04. The molecule has 2 atom stereocenters. The van der Waals surface area contributed by atoms with Gasteiger partial charge in [0.25, 0.3) is 5.91 Å². The van der Waals surface area contributed by atoms with E-state index < -0.39 is 12.1 Å². The van der Waals surface area contributed by atoms with Gasteiger partial charge in [-0.15, -0.1) is 0 Å². The molecule has 1 saturated heterocycles. The molecule has 28 heavy (non-hydrogen) atoms. The van der Waals surface area contributed by atoms with E-state index in [1.165, 1.54) is 0 Å². The normalized spacial score (nSPS) is 17.9. The van der Waals surface area contributed by atoms with Gasteiger partial charge in [-0.3, -0.25) is 9.59 Å². The summed E-state index contributed by atoms with van der Waals surface area (Å²) in [4.78, 5) is 25.9. The van der Waals surface area contributed by atoms with E-state index in [1.54, 1.807) is 60.5 Å². The van der Waals surface area contributed by atoms with Crippen molar-refractivity contribution in [2.75, 3.05) is 32.2 Å². The molecule has 1 aliphatic heterocycles. The summed E-state index contributed by atoms with van der Waals surface area (Å²) < 4.78 is 10.4. The zero-order valence-corrected chi connectivity index (χ0v) is 15.9. The molecule has 2 N–H and O–H groups in total. The number of morpholine rings is 1. The van der Waals surface area contributed by atoms with Crippen molar-refractivity contribution in [3.63, 3.8) is 0 Å². The second kappa shape index (κ2) is 8.86. The van der Waals surface area contributed by atoms with Gasteiger partial charge in [0.2, 0.25) is 5.91 Å². The maximum absolute atomic E-state index is 12.3. The molecule has 7 nitrogen and oxygen atoms in total. The maximum Gasteiger partial charge on any atom is 0.255 e. The van der Waals surface area contributed by atoms with Gasteiger partial charge in [-0.25, -0.2) is 0 Å². The average Bonchev–Trinajstić information content (AvgIpc) is 2.73. The Morgan fingerprint density at radius 2 is 1.93 bits per heavy atom. The summed E-state index contributed by atoms with van der Waals surface area (Å²) in [5.41, 5.74) is 1.78. The molecular formula is C21H24N2O5. The van der Waals surface area contributed by atoms with Crippen LogP contribution in [0.5, 0.6) is 5.75 Å². The Hall–Kier alpha value is -2.90. The van der Waals surface area contributed by atoms with E-state index in [9.17, 15) is 14.7 Å². The molecule has 0 radical (unpaired) electrons. The van der Waals surface area contributed by atoms with E-state index >= 15 is 0 Å². The number of hydrogen-bond donors (Lipinski definition) is 2. The largest absolute Gasteiger partial charge is 0.497 e. The van der Waals surface area contributed by atoms with Gasteiger partial charge in [0, 0.05) is 17.8 Å². The smallest absolute Gasteiger partial charge is 0.255 e. The van der Waals surface area contributed by atoms with Crippen molar-refractivity contribution in [3.8, 4) is 5.75 Å². The average molecular weight is 384 g/mol. The standard InChI is InChI=1S/C21H24N2O5/c1-3-23-18(12-28-13-19(23)24)20(25)14-4-8-16(9-5-14)22-21(26)15-6-10-17(27-2)11-7-15/h4-11,18,20,25H,3,12-13H2,1-2H3,(H,22,26). The second-order valence-electron chi connectivity index (χ2n) is 6.51. The van der Waals surface area contributed by atoms with Gasteiger partial charge >= 0.3 is 0 Å². The lowest BCUT2D eigenvalue weighted by atomic mass is 10.00. The number of nitrogens with zero attached hydrogens (tertiary/aromatic N) is 1. The van der Waals surface area contributed by atoms with E-state index in [0.717, 1.165) is 0 Å². The first-order chi connectivity index (χ1) is 13.5. The number of carbonyl (C=O) groups excluding carboxylic acids is 2. The van der Waals surface area contributed by atoms with Gasteiger partial charge in [0.05, 0.1) is 19.8 Å². The summed E-state index contributed by atoms with van der Waals surface area (Å²) in [6.45, 7) is 2.73. The van der Waals surface area contributed by atoms with Gasteiger partial charge in [-0.05, 0) is 48.9 Å². The van der Waals surface area contributed by atoms with Crippen LogP contribution in [0.25, 0.3) is 0 Å². The molecule has 0 aliphatic carbocycles. The molecule has 0 bridgehead atoms. The number of likely N-dealkylation sites (N-methyl/N-ethyl adjacent to an activating group) is 1. The lowest BCUT2D eigenvalue weighted by molar-refractivity contribution is -0.153. The van der Waals surface area contributed by atoms with Crippen LogP contribution in [0.2, 0.25) is 0 Å². The van der Waals surface area contributed by atoms with Crippen molar-refractivity contribution in [2.45, 2.75) is 19.1 Å². The summed E-state index contributed by atoms with van der Waals surface area (Å²) in [6.07, 6.45) is -0.865. The molecule has 0 aromatic heterocycles. The second-order valence-corrected chi connectivity index (χ2v) is 6.51. The molecule has 0 saturated carbocycles. The third-order valence-corrected chi connectivity index (χ3v) is 4.80. The van der Waals surface area contributed by atoms with Crippen molar-refractivity contribution in [1.82, 2.24) is 4.90 Å². The Kier molecular flexibility index (Phi) is 6.28. The molecule has 0 spiro atoms. The number of benzene rings is 2. The van der Waals surface area contributed by atoms with E-state index in [1.807, 2.05) is 6.92 Å². The van der Waals surface area contributed by atoms with Crippen molar-refractivity contribution in [3.05, 3.63) is 59.7 Å². The predicted molar refractivity (Wildman–Crippen MR) is 104 cm³/mol. The molecule has 3 rings (SSSR count). The summed E-state index contributed by atoms with van der Waals surface area (Å²) in [5.74, 6) is 0.321. The molecule has 2 aromatic rings. The van der Waals surface area contributed by atoms with Crippen LogP contribution in [0.1, 0.15) is 28.9 Å². The van der Waals surface area contributed by atoms with E-state index in [2.05, 4.69) is 5.32 Å². The van der Waals surface area contributed by atoms with Crippen LogP contribution in [-0.2, 0) is 9.53 Å². The number of ether oxygens (including phenoxy) is 2. The molecule has 2 unspecified atom stereocenters. The van der Waals surface area contributed by atoms with Crippen LogP contribution in [0.3, 0.4) is 0 Å². The number of nitrogens with one attached hydrogen (secondary N) is 1. The highest BCUT2D eigenvalue weighted by Crippen LogP contribution is 2.25. The lowest BCUT2D eigenvalue weighted by Crippen LogP contribution is -2.51. The fourth-order valence-corrected chi connectivity index (χ4v) is 3.23. The molecule has 1 fully saturated rings. The quantitative estimate of drug-likeness (QED) is 0.797. The van der Waals surface area contributed by atoms with Gasteiger partial charge < -0.3 is 24.8 Å². The van der Waals surface area contributed by atoms with Gasteiger partial charge in [0.15, 0.2) is 0 Å². The van der Waals surface area contributed by atoms with Crippen LogP contribution < -0.4 is 10.1 Å². The molecule has 1 aliphatic rings. The lowest BCUT2D eigenvalue weighted by Gasteiger charge is -2.37. The number of aliphatic hydroxyl groups is 1. The van der Waals surface area contributed by atoms with Gasteiger partial charge in [-0.1, -0.05) is 12.1 Å². The highest BCUT2D eigenvalue weighted by Gasteiger charge is 2.33. The number of hydrogen-bond acceptors (Lipinski definition) is 5. The minimum absolute atomic E-state index is 0.0490. The van der Waals surface area contributed by atoms with Crippen molar-refractivity contribution in [2.24, 2.45) is 0 Å². The SMILES string of the molecule is CCN1C(=O)COCC1C(O)c1ccc(NC(=O)c2ccc(OC)cc2)cc1. The Bertz CT molecular complexity index is 820. The third-order valence-electron chi connectivity index (χ3n) is 4.80. The van der Waals surface area contributed by atoms with E-state index in [-0.39, 0.29) is 25.0 Å². The van der Waals surface area contributed by atoms with Crippen molar-refractivity contribution in [1.29, 1.82) is 0 Å². The monoisotopic (exact) mass is 384 g/mol. The van der Waals surface area contributed by atoms with Crippen LogP contribution >= 0.6 is 0 Å². The summed E-state index contributed by atoms with van der Waals surface area (Å²) >= 11 is 0. The molecule has 2 amide bonds. The third kappa shape index (κ3) is 4.32. The maximum atomic E-state index is 12.3. The molecule has 7 heteroatoms. The highest BCUT2D eigenvalue weighted by atomic mass is 16.5. The first-order valence-electron chi connectivity index (χ1n) is 9.14. The van der Waals surface area contributed by atoms with Crippen LogP contribution in [0.15, 0.2) is 48.5 Å². The zero-order valence-electron chi connectivity index (χ0n) is 15.9. The molecule has 1 heterocycles. The van der Waals surface area contributed by atoms with E-state index in [0.29, 0.717) is 29.1 Å². The molecule has 2 aromatic carbocycles. The van der Waals surface area contributed by atoms with Crippen LogP contribution in [0.4, 0.5) is 5.69 Å². The first-order valence-corrected chi connectivity index (χ1v) is 9.14. The van der Waals surface area contributed by atoms with Crippen molar-refractivity contribution >= 4 is 17.5 Å². The fourth-order valence-electron chi connectivity index (χ4n) is 3.23. The van der Waals surface area contributed by atoms with Gasteiger partial charge in [-0.2, -0.15) is 0 Å². The van der Waals surface area contributed by atoms with Crippen LogP contribution in [-0.4, -0.2) is 54.7 Å². The summed E-state index contributed by atoms with van der Waals surface area (Å²) in [6, 6.07) is 13.3. The topological polar surface area (TPSA) is 88.1 Å².